The van der Waals surface area contributed by atoms with Crippen LogP contribution in [0.3, 0.4) is 0 Å². The van der Waals surface area contributed by atoms with Gasteiger partial charge in [0.25, 0.3) is 5.56 Å². The number of nitrogens with zero attached hydrogens (tertiary/aromatic N) is 2. The van der Waals surface area contributed by atoms with Crippen molar-refractivity contribution in [2.75, 3.05) is 0 Å². The molecule has 3 rings (SSSR count). The number of ether oxygens (including phenoxy) is 1. The zero-order chi connectivity index (χ0) is 15.7. The Kier molecular flexibility index (Phi) is 3.96. The second kappa shape index (κ2) is 5.91. The highest BCUT2D eigenvalue weighted by molar-refractivity contribution is 5.69. The van der Waals surface area contributed by atoms with Gasteiger partial charge in [-0.3, -0.25) is 14.0 Å². The van der Waals surface area contributed by atoms with Gasteiger partial charge in [0.2, 0.25) is 0 Å². The standard InChI is InChI=1S/C17H20N2O3/c1-11-3-6-15-18-14(8-16(20)19(15)9-11)10-22-17(21)7-12(2)13-4-5-13/h3,6,8-9,12-13H,4-5,7,10H2,1-2H3/t12-/m0/s1. The quantitative estimate of drug-likeness (QED) is 0.796. The monoisotopic (exact) mass is 300 g/mol. The number of hydrogen-bond acceptors (Lipinski definition) is 4. The third-order valence-corrected chi connectivity index (χ3v) is 4.16. The molecular weight excluding hydrogens is 280 g/mol. The Morgan fingerprint density at radius 1 is 1.45 bits per heavy atom. The lowest BCUT2D eigenvalue weighted by Crippen LogP contribution is -2.17. The van der Waals surface area contributed by atoms with Gasteiger partial charge in [0.05, 0.1) is 5.69 Å². The van der Waals surface area contributed by atoms with Crippen LogP contribution >= 0.6 is 0 Å². The predicted molar refractivity (Wildman–Crippen MR) is 82.5 cm³/mol. The smallest absolute Gasteiger partial charge is 0.306 e. The third-order valence-electron chi connectivity index (χ3n) is 4.16. The summed E-state index contributed by atoms with van der Waals surface area (Å²) in [6, 6.07) is 5.11. The molecule has 0 amide bonds. The summed E-state index contributed by atoms with van der Waals surface area (Å²) in [5, 5.41) is 0. The Labute approximate surface area is 128 Å². The molecule has 2 aromatic rings. The molecule has 0 unspecified atom stereocenters. The van der Waals surface area contributed by atoms with E-state index in [2.05, 4.69) is 11.9 Å². The van der Waals surface area contributed by atoms with E-state index in [9.17, 15) is 9.59 Å². The van der Waals surface area contributed by atoms with Crippen LogP contribution in [-0.4, -0.2) is 15.4 Å². The van der Waals surface area contributed by atoms with Gasteiger partial charge < -0.3 is 4.74 Å². The van der Waals surface area contributed by atoms with E-state index in [1.54, 1.807) is 12.3 Å². The molecule has 5 heteroatoms. The summed E-state index contributed by atoms with van der Waals surface area (Å²) >= 11 is 0. The summed E-state index contributed by atoms with van der Waals surface area (Å²) in [5.41, 5.74) is 1.88. The molecule has 1 atom stereocenters. The second-order valence-corrected chi connectivity index (χ2v) is 6.20. The van der Waals surface area contributed by atoms with E-state index in [0.717, 1.165) is 5.56 Å². The average molecular weight is 300 g/mol. The van der Waals surface area contributed by atoms with Crippen molar-refractivity contribution in [1.82, 2.24) is 9.38 Å². The van der Waals surface area contributed by atoms with Crippen molar-refractivity contribution in [3.63, 3.8) is 0 Å². The fourth-order valence-corrected chi connectivity index (χ4v) is 2.64. The number of aromatic nitrogens is 2. The Morgan fingerprint density at radius 2 is 2.23 bits per heavy atom. The molecule has 0 N–H and O–H groups in total. The van der Waals surface area contributed by atoms with E-state index in [0.29, 0.717) is 29.6 Å². The normalized spacial score (nSPS) is 15.7. The van der Waals surface area contributed by atoms with Crippen molar-refractivity contribution >= 4 is 11.6 Å². The van der Waals surface area contributed by atoms with Gasteiger partial charge >= 0.3 is 5.97 Å². The van der Waals surface area contributed by atoms with Gasteiger partial charge in [-0.1, -0.05) is 13.0 Å². The zero-order valence-corrected chi connectivity index (χ0v) is 12.9. The fourth-order valence-electron chi connectivity index (χ4n) is 2.64. The largest absolute Gasteiger partial charge is 0.459 e. The number of carbonyl (C=O) groups is 1. The Morgan fingerprint density at radius 3 is 2.95 bits per heavy atom. The SMILES string of the molecule is Cc1ccc2nc(COC(=O)C[C@H](C)C3CC3)cc(=O)n2c1. The molecule has 0 spiro atoms. The van der Waals surface area contributed by atoms with Crippen LogP contribution in [0.5, 0.6) is 0 Å². The Hall–Kier alpha value is -2.17. The van der Waals surface area contributed by atoms with E-state index >= 15 is 0 Å². The van der Waals surface area contributed by atoms with E-state index < -0.39 is 0 Å². The van der Waals surface area contributed by atoms with Crippen LogP contribution in [0.2, 0.25) is 0 Å². The molecule has 1 fully saturated rings. The second-order valence-electron chi connectivity index (χ2n) is 6.20. The maximum Gasteiger partial charge on any atom is 0.306 e. The minimum Gasteiger partial charge on any atom is -0.459 e. The summed E-state index contributed by atoms with van der Waals surface area (Å²) in [6.45, 7) is 4.06. The first-order valence-corrected chi connectivity index (χ1v) is 7.67. The van der Waals surface area contributed by atoms with E-state index in [4.69, 9.17) is 4.74 Å². The highest BCUT2D eigenvalue weighted by Gasteiger charge is 2.29. The maximum absolute atomic E-state index is 12.1. The molecule has 22 heavy (non-hydrogen) atoms. The lowest BCUT2D eigenvalue weighted by molar-refractivity contribution is -0.146. The lowest BCUT2D eigenvalue weighted by atomic mass is 10.0. The molecular formula is C17H20N2O3. The van der Waals surface area contributed by atoms with Crippen LogP contribution in [0, 0.1) is 18.8 Å². The van der Waals surface area contributed by atoms with Gasteiger partial charge in [-0.05, 0) is 43.2 Å². The van der Waals surface area contributed by atoms with Crippen LogP contribution in [0.25, 0.3) is 5.65 Å². The van der Waals surface area contributed by atoms with Gasteiger partial charge in [0.15, 0.2) is 0 Å². The maximum atomic E-state index is 12.1. The van der Waals surface area contributed by atoms with E-state index in [1.807, 2.05) is 13.0 Å². The molecule has 2 heterocycles. The molecule has 1 saturated carbocycles. The van der Waals surface area contributed by atoms with Gasteiger partial charge in [-0.2, -0.15) is 0 Å². The van der Waals surface area contributed by atoms with Crippen molar-refractivity contribution in [3.8, 4) is 0 Å². The molecule has 116 valence electrons. The number of pyridine rings is 1. The molecule has 1 aliphatic rings. The molecule has 0 bridgehead atoms. The van der Waals surface area contributed by atoms with Crippen molar-refractivity contribution in [2.24, 2.45) is 11.8 Å². The first kappa shape index (κ1) is 14.8. The Bertz CT molecular complexity index is 762. The first-order valence-electron chi connectivity index (χ1n) is 7.67. The molecule has 5 nitrogen and oxygen atoms in total. The number of fused-ring (bicyclic) bond motifs is 1. The lowest BCUT2D eigenvalue weighted by Gasteiger charge is -2.10. The summed E-state index contributed by atoms with van der Waals surface area (Å²) in [5.74, 6) is 0.843. The van der Waals surface area contributed by atoms with Crippen LogP contribution in [0.15, 0.2) is 29.2 Å². The Balaban J connectivity index is 1.67. The molecule has 2 aromatic heterocycles. The van der Waals surface area contributed by atoms with Crippen molar-refractivity contribution in [1.29, 1.82) is 0 Å². The number of rotatable bonds is 5. The number of aryl methyl sites for hydroxylation is 1. The topological polar surface area (TPSA) is 60.7 Å². The number of hydrogen-bond donors (Lipinski definition) is 0. The highest BCUT2D eigenvalue weighted by atomic mass is 16.5. The van der Waals surface area contributed by atoms with Crippen LogP contribution in [0.4, 0.5) is 0 Å². The summed E-state index contributed by atoms with van der Waals surface area (Å²) < 4.78 is 6.75. The molecule has 0 aromatic carbocycles. The van der Waals surface area contributed by atoms with Gasteiger partial charge in [0.1, 0.15) is 12.3 Å². The van der Waals surface area contributed by atoms with Crippen LogP contribution in [0.1, 0.15) is 37.4 Å². The molecule has 0 saturated heterocycles. The fraction of sp³-hybridized carbons (Fsp3) is 0.471. The van der Waals surface area contributed by atoms with Gasteiger partial charge in [-0.25, -0.2) is 4.98 Å². The van der Waals surface area contributed by atoms with E-state index in [-0.39, 0.29) is 18.1 Å². The summed E-state index contributed by atoms with van der Waals surface area (Å²) in [4.78, 5) is 28.2. The van der Waals surface area contributed by atoms with Crippen molar-refractivity contribution in [3.05, 3.63) is 46.0 Å². The van der Waals surface area contributed by atoms with Gasteiger partial charge in [0, 0.05) is 18.7 Å². The summed E-state index contributed by atoms with van der Waals surface area (Å²) in [7, 11) is 0. The molecule has 0 radical (unpaired) electrons. The highest BCUT2D eigenvalue weighted by Crippen LogP contribution is 2.38. The van der Waals surface area contributed by atoms with Gasteiger partial charge in [-0.15, -0.1) is 0 Å². The number of carbonyl (C=O) groups excluding carboxylic acids is 1. The third kappa shape index (κ3) is 3.35. The predicted octanol–water partition coefficient (Wildman–Crippen LogP) is 2.48. The molecule has 1 aliphatic carbocycles. The van der Waals surface area contributed by atoms with Crippen LogP contribution < -0.4 is 5.56 Å². The summed E-state index contributed by atoms with van der Waals surface area (Å²) in [6.07, 6.45) is 4.63. The first-order chi connectivity index (χ1) is 10.5. The number of esters is 1. The van der Waals surface area contributed by atoms with E-state index in [1.165, 1.54) is 23.3 Å². The van der Waals surface area contributed by atoms with Crippen LogP contribution in [-0.2, 0) is 16.1 Å². The minimum atomic E-state index is -0.217. The zero-order valence-electron chi connectivity index (χ0n) is 12.9. The average Bonchev–Trinajstić information content (AvgIpc) is 3.30. The van der Waals surface area contributed by atoms with Crippen molar-refractivity contribution in [2.45, 2.75) is 39.7 Å². The van der Waals surface area contributed by atoms with Crippen molar-refractivity contribution < 1.29 is 9.53 Å². The molecule has 0 aliphatic heterocycles. The minimum absolute atomic E-state index is 0.0514.